The second-order valence-corrected chi connectivity index (χ2v) is 7.76. The van der Waals surface area contributed by atoms with Gasteiger partial charge in [-0.15, -0.1) is 0 Å². The number of rotatable bonds is 6. The van der Waals surface area contributed by atoms with Gasteiger partial charge in [0, 0.05) is 63.6 Å². The van der Waals surface area contributed by atoms with E-state index < -0.39 is 0 Å². The molecule has 0 atom stereocenters. The van der Waals surface area contributed by atoms with E-state index in [2.05, 4.69) is 32.1 Å². The normalized spacial score (nSPS) is 17.7. The number of para-hydroxylation sites is 2. The third kappa shape index (κ3) is 5.23. The maximum atomic E-state index is 12.4. The number of nitrogens with zero attached hydrogens (tertiary/aromatic N) is 3. The van der Waals surface area contributed by atoms with E-state index in [1.54, 1.807) is 6.07 Å². The van der Waals surface area contributed by atoms with Crippen LogP contribution in [0.5, 0.6) is 5.75 Å². The smallest absolute Gasteiger partial charge is 0.225 e. The predicted molar refractivity (Wildman–Crippen MR) is 119 cm³/mol. The van der Waals surface area contributed by atoms with Gasteiger partial charge in [0.25, 0.3) is 0 Å². The van der Waals surface area contributed by atoms with Crippen LogP contribution < -0.4 is 15.1 Å². The fraction of sp³-hybridized carbons (Fsp3) is 0.435. The van der Waals surface area contributed by atoms with Crippen LogP contribution in [0, 0.1) is 0 Å². The lowest BCUT2D eigenvalue weighted by Crippen LogP contribution is -2.47. The largest absolute Gasteiger partial charge is 0.506 e. The first-order valence-corrected chi connectivity index (χ1v) is 10.7. The summed E-state index contributed by atoms with van der Waals surface area (Å²) in [6.45, 7) is 7.55. The van der Waals surface area contributed by atoms with Crippen molar-refractivity contribution in [3.05, 3.63) is 48.5 Å². The van der Waals surface area contributed by atoms with Crippen LogP contribution in [0.4, 0.5) is 17.1 Å². The van der Waals surface area contributed by atoms with Gasteiger partial charge in [0.2, 0.25) is 5.91 Å². The summed E-state index contributed by atoms with van der Waals surface area (Å²) >= 11 is 0. The minimum absolute atomic E-state index is 0.0391. The molecule has 0 bridgehead atoms. The number of morpholine rings is 1. The summed E-state index contributed by atoms with van der Waals surface area (Å²) in [6.07, 6.45) is 0.474. The highest BCUT2D eigenvalue weighted by molar-refractivity contribution is 5.91. The second-order valence-electron chi connectivity index (χ2n) is 7.76. The Kier molecular flexibility index (Phi) is 6.71. The maximum absolute atomic E-state index is 12.4. The lowest BCUT2D eigenvalue weighted by Gasteiger charge is -2.36. The fourth-order valence-corrected chi connectivity index (χ4v) is 4.00. The molecule has 2 aromatic carbocycles. The quantitative estimate of drug-likeness (QED) is 0.762. The Morgan fingerprint density at radius 2 is 1.60 bits per heavy atom. The molecule has 7 heteroatoms. The zero-order valence-electron chi connectivity index (χ0n) is 17.3. The molecule has 2 N–H and O–H groups in total. The Labute approximate surface area is 177 Å². The van der Waals surface area contributed by atoms with E-state index in [1.165, 1.54) is 5.69 Å². The Bertz CT molecular complexity index is 829. The molecule has 1 amide bonds. The average molecular weight is 411 g/mol. The van der Waals surface area contributed by atoms with E-state index in [-0.39, 0.29) is 5.91 Å². The summed E-state index contributed by atoms with van der Waals surface area (Å²) in [4.78, 5) is 19.2. The molecule has 0 saturated carbocycles. The summed E-state index contributed by atoms with van der Waals surface area (Å²) < 4.78 is 5.39. The molecule has 0 unspecified atom stereocenters. The zero-order chi connectivity index (χ0) is 20.8. The van der Waals surface area contributed by atoms with Crippen LogP contribution in [0.3, 0.4) is 0 Å². The molecule has 160 valence electrons. The van der Waals surface area contributed by atoms with Crippen molar-refractivity contribution in [2.45, 2.75) is 6.42 Å². The summed E-state index contributed by atoms with van der Waals surface area (Å²) in [6, 6.07) is 15.5. The van der Waals surface area contributed by atoms with Crippen LogP contribution in [-0.2, 0) is 9.53 Å². The number of hydrogen-bond donors (Lipinski definition) is 2. The Morgan fingerprint density at radius 1 is 0.900 bits per heavy atom. The van der Waals surface area contributed by atoms with Crippen LogP contribution in [0.25, 0.3) is 0 Å². The lowest BCUT2D eigenvalue weighted by atomic mass is 10.2. The second kappa shape index (κ2) is 9.82. The first kappa shape index (κ1) is 20.5. The van der Waals surface area contributed by atoms with Gasteiger partial charge in [-0.1, -0.05) is 12.1 Å². The molecule has 2 aliphatic heterocycles. The molecule has 0 radical (unpaired) electrons. The summed E-state index contributed by atoms with van der Waals surface area (Å²) in [7, 11) is 0. The number of benzene rings is 2. The molecular weight excluding hydrogens is 380 g/mol. The lowest BCUT2D eigenvalue weighted by molar-refractivity contribution is -0.116. The standard InChI is InChI=1S/C23H30N4O3/c28-22-4-2-1-3-21(22)27-13-11-25(12-14-27)10-9-23(29)24-19-5-7-20(8-6-19)26-15-17-30-18-16-26/h1-8,28H,9-18H2,(H,24,29). The van der Waals surface area contributed by atoms with Crippen LogP contribution in [0.2, 0.25) is 0 Å². The van der Waals surface area contributed by atoms with Crippen LogP contribution in [-0.4, -0.2) is 74.9 Å². The van der Waals surface area contributed by atoms with E-state index in [4.69, 9.17) is 4.74 Å². The van der Waals surface area contributed by atoms with Crippen LogP contribution in [0.1, 0.15) is 6.42 Å². The molecule has 2 heterocycles. The van der Waals surface area contributed by atoms with Crippen molar-refractivity contribution in [3.8, 4) is 5.75 Å². The number of phenols is 1. The fourth-order valence-electron chi connectivity index (χ4n) is 4.00. The SMILES string of the molecule is O=C(CCN1CCN(c2ccccc2O)CC1)Nc1ccc(N2CCOCC2)cc1. The van der Waals surface area contributed by atoms with Gasteiger partial charge >= 0.3 is 0 Å². The maximum Gasteiger partial charge on any atom is 0.225 e. The highest BCUT2D eigenvalue weighted by Gasteiger charge is 2.19. The number of phenolic OH excluding ortho intramolecular Hbond substituents is 1. The van der Waals surface area contributed by atoms with Crippen molar-refractivity contribution in [2.75, 3.05) is 74.1 Å². The van der Waals surface area contributed by atoms with E-state index in [1.807, 2.05) is 30.3 Å². The van der Waals surface area contributed by atoms with Crippen LogP contribution >= 0.6 is 0 Å². The number of amides is 1. The highest BCUT2D eigenvalue weighted by Crippen LogP contribution is 2.27. The topological polar surface area (TPSA) is 68.3 Å². The van der Waals surface area contributed by atoms with E-state index in [0.29, 0.717) is 12.2 Å². The molecular formula is C23H30N4O3. The minimum Gasteiger partial charge on any atom is -0.506 e. The third-order valence-corrected chi connectivity index (χ3v) is 5.78. The van der Waals surface area contributed by atoms with Crippen molar-refractivity contribution in [1.82, 2.24) is 4.90 Å². The third-order valence-electron chi connectivity index (χ3n) is 5.78. The molecule has 2 fully saturated rings. The Balaban J connectivity index is 1.19. The summed E-state index contributed by atoms with van der Waals surface area (Å²) in [5.41, 5.74) is 2.88. The molecule has 30 heavy (non-hydrogen) atoms. The summed E-state index contributed by atoms with van der Waals surface area (Å²) in [5, 5.41) is 13.0. The molecule has 2 saturated heterocycles. The number of piperazine rings is 1. The first-order chi connectivity index (χ1) is 14.7. The van der Waals surface area contributed by atoms with Crippen LogP contribution in [0.15, 0.2) is 48.5 Å². The number of nitrogens with one attached hydrogen (secondary N) is 1. The molecule has 2 aliphatic rings. The number of hydrogen-bond acceptors (Lipinski definition) is 6. The molecule has 0 aromatic heterocycles. The van der Waals surface area contributed by atoms with Crippen molar-refractivity contribution in [1.29, 1.82) is 0 Å². The number of ether oxygens (including phenoxy) is 1. The van der Waals surface area contributed by atoms with Gasteiger partial charge in [-0.25, -0.2) is 0 Å². The van der Waals surface area contributed by atoms with E-state index in [0.717, 1.165) is 70.4 Å². The molecule has 4 rings (SSSR count). The van der Waals surface area contributed by atoms with Gasteiger partial charge in [0.15, 0.2) is 0 Å². The predicted octanol–water partition coefficient (Wildman–Crippen LogP) is 2.38. The van der Waals surface area contributed by atoms with Crippen molar-refractivity contribution in [2.24, 2.45) is 0 Å². The number of aromatic hydroxyl groups is 1. The van der Waals surface area contributed by atoms with E-state index >= 15 is 0 Å². The average Bonchev–Trinajstić information content (AvgIpc) is 2.80. The molecule has 7 nitrogen and oxygen atoms in total. The van der Waals surface area contributed by atoms with Gasteiger partial charge in [-0.05, 0) is 36.4 Å². The molecule has 0 aliphatic carbocycles. The van der Waals surface area contributed by atoms with Crippen molar-refractivity contribution in [3.63, 3.8) is 0 Å². The number of anilines is 3. The van der Waals surface area contributed by atoms with Gasteiger partial charge < -0.3 is 25.0 Å². The van der Waals surface area contributed by atoms with Gasteiger partial charge in [0.1, 0.15) is 5.75 Å². The highest BCUT2D eigenvalue weighted by atomic mass is 16.5. The Morgan fingerprint density at radius 3 is 2.30 bits per heavy atom. The van der Waals surface area contributed by atoms with E-state index in [9.17, 15) is 9.90 Å². The van der Waals surface area contributed by atoms with Gasteiger partial charge in [-0.2, -0.15) is 0 Å². The van der Waals surface area contributed by atoms with Crippen molar-refractivity contribution < 1.29 is 14.6 Å². The first-order valence-electron chi connectivity index (χ1n) is 10.7. The van der Waals surface area contributed by atoms with Gasteiger partial charge in [0.05, 0.1) is 18.9 Å². The van der Waals surface area contributed by atoms with Crippen molar-refractivity contribution >= 4 is 23.0 Å². The summed E-state index contributed by atoms with van der Waals surface area (Å²) in [5.74, 6) is 0.363. The minimum atomic E-state index is 0.0391. The Hall–Kier alpha value is -2.77. The molecule has 2 aromatic rings. The molecule has 0 spiro atoms. The monoisotopic (exact) mass is 410 g/mol. The number of carbonyl (C=O) groups excluding carboxylic acids is 1. The zero-order valence-corrected chi connectivity index (χ0v) is 17.3. The van der Waals surface area contributed by atoms with Gasteiger partial charge in [-0.3, -0.25) is 9.69 Å². The number of carbonyl (C=O) groups is 1.